The first-order chi connectivity index (χ1) is 14.1. The van der Waals surface area contributed by atoms with Gasteiger partial charge in [-0.2, -0.15) is 0 Å². The molecule has 1 aliphatic heterocycles. The van der Waals surface area contributed by atoms with Gasteiger partial charge in [-0.1, -0.05) is 40.0 Å². The molecule has 0 atom stereocenters. The number of nitrogens with zero attached hydrogens (tertiary/aromatic N) is 1. The molecule has 1 fully saturated rings. The number of carbonyl (C=O) groups excluding carboxylic acids is 2. The Kier molecular flexibility index (Phi) is 9.50. The van der Waals surface area contributed by atoms with Crippen LogP contribution in [0, 0.1) is 0 Å². The fourth-order valence-corrected chi connectivity index (χ4v) is 4.68. The second-order valence-corrected chi connectivity index (χ2v) is 10.4. The van der Waals surface area contributed by atoms with Crippen LogP contribution in [0.2, 0.25) is 0 Å². The largest absolute Gasteiger partial charge is 0.469 e. The molecule has 1 aliphatic rings. The Morgan fingerprint density at radius 3 is 2.40 bits per heavy atom. The normalized spacial score (nSPS) is 16.2. The Morgan fingerprint density at radius 2 is 1.83 bits per heavy atom. The van der Waals surface area contributed by atoms with E-state index in [0.29, 0.717) is 19.5 Å². The van der Waals surface area contributed by atoms with Crippen LogP contribution < -0.4 is 4.72 Å². The third-order valence-electron chi connectivity index (χ3n) is 5.08. The van der Waals surface area contributed by atoms with E-state index in [4.69, 9.17) is 9.47 Å². The second kappa shape index (κ2) is 11.4. The average Bonchev–Trinajstić information content (AvgIpc) is 2.68. The summed E-state index contributed by atoms with van der Waals surface area (Å²) in [6.45, 7) is 6.92. The minimum atomic E-state index is -0.495. The molecule has 30 heavy (non-hydrogen) atoms. The number of rotatable bonds is 8. The zero-order valence-corrected chi connectivity index (χ0v) is 20.7. The Balaban J connectivity index is 1.93. The van der Waals surface area contributed by atoms with Crippen LogP contribution in [0.5, 0.6) is 0 Å². The van der Waals surface area contributed by atoms with Crippen LogP contribution in [0.1, 0.15) is 58.4 Å². The molecule has 0 bridgehead atoms. The fourth-order valence-electron chi connectivity index (χ4n) is 3.37. The van der Waals surface area contributed by atoms with Crippen LogP contribution in [-0.2, 0) is 20.0 Å². The van der Waals surface area contributed by atoms with Crippen LogP contribution in [-0.4, -0.2) is 48.3 Å². The van der Waals surface area contributed by atoms with Gasteiger partial charge in [0.1, 0.15) is 5.60 Å². The molecule has 0 unspecified atom stereocenters. The van der Waals surface area contributed by atoms with E-state index in [1.165, 1.54) is 12.7 Å². The maximum Gasteiger partial charge on any atom is 0.410 e. The van der Waals surface area contributed by atoms with Crippen molar-refractivity contribution in [3.8, 4) is 0 Å². The predicted molar refractivity (Wildman–Crippen MR) is 124 cm³/mol. The SMILES string of the molecule is COC(=O)CCCC1(NSCc2ccc(Br)cc2)CCN(C(=O)OC(C)(C)C)CC1. The van der Waals surface area contributed by atoms with Gasteiger partial charge in [0.05, 0.1) is 7.11 Å². The molecule has 1 aromatic carbocycles. The van der Waals surface area contributed by atoms with Crippen molar-refractivity contribution in [1.82, 2.24) is 9.62 Å². The molecule has 0 saturated carbocycles. The lowest BCUT2D eigenvalue weighted by Gasteiger charge is -2.42. The summed E-state index contributed by atoms with van der Waals surface area (Å²) in [4.78, 5) is 25.7. The topological polar surface area (TPSA) is 67.9 Å². The highest BCUT2D eigenvalue weighted by Gasteiger charge is 2.36. The van der Waals surface area contributed by atoms with E-state index < -0.39 is 5.60 Å². The van der Waals surface area contributed by atoms with Crippen molar-refractivity contribution in [1.29, 1.82) is 0 Å². The molecule has 1 heterocycles. The van der Waals surface area contributed by atoms with Crippen molar-refractivity contribution in [3.05, 3.63) is 34.3 Å². The lowest BCUT2D eigenvalue weighted by atomic mass is 9.84. The van der Waals surface area contributed by atoms with Gasteiger partial charge in [-0.25, -0.2) is 4.79 Å². The number of ether oxygens (including phenoxy) is 2. The van der Waals surface area contributed by atoms with E-state index >= 15 is 0 Å². The number of piperidine rings is 1. The summed E-state index contributed by atoms with van der Waals surface area (Å²) >= 11 is 5.15. The molecule has 8 heteroatoms. The molecule has 168 valence electrons. The molecule has 1 N–H and O–H groups in total. The second-order valence-electron chi connectivity index (χ2n) is 8.69. The van der Waals surface area contributed by atoms with E-state index in [2.05, 4.69) is 32.8 Å². The van der Waals surface area contributed by atoms with E-state index in [1.54, 1.807) is 16.8 Å². The van der Waals surface area contributed by atoms with Gasteiger partial charge >= 0.3 is 12.1 Å². The van der Waals surface area contributed by atoms with Crippen molar-refractivity contribution in [2.45, 2.75) is 69.8 Å². The smallest absolute Gasteiger partial charge is 0.410 e. The summed E-state index contributed by atoms with van der Waals surface area (Å²) in [5.41, 5.74) is 0.629. The van der Waals surface area contributed by atoms with E-state index in [0.717, 1.165) is 35.9 Å². The lowest BCUT2D eigenvalue weighted by Crippen LogP contribution is -2.53. The van der Waals surface area contributed by atoms with Crippen LogP contribution in [0.4, 0.5) is 4.79 Å². The Bertz CT molecular complexity index is 698. The third kappa shape index (κ3) is 8.47. The van der Waals surface area contributed by atoms with Crippen molar-refractivity contribution in [2.24, 2.45) is 0 Å². The Labute approximate surface area is 192 Å². The van der Waals surface area contributed by atoms with Crippen molar-refractivity contribution in [2.75, 3.05) is 20.2 Å². The maximum atomic E-state index is 12.4. The standard InChI is InChI=1S/C22H33BrN2O4S/c1-21(2,3)29-20(27)25-14-12-22(13-15-25,11-5-6-19(26)28-4)24-30-16-17-7-9-18(23)10-8-17/h7-10,24H,5-6,11-16H2,1-4H3. The molecule has 0 spiro atoms. The first-order valence-electron chi connectivity index (χ1n) is 10.3. The summed E-state index contributed by atoms with van der Waals surface area (Å²) in [6, 6.07) is 8.30. The molecule has 1 amide bonds. The number of carbonyl (C=O) groups is 2. The molecule has 2 rings (SSSR count). The third-order valence-corrected chi connectivity index (χ3v) is 6.66. The fraction of sp³-hybridized carbons (Fsp3) is 0.636. The summed E-state index contributed by atoms with van der Waals surface area (Å²) in [5, 5.41) is 0. The molecule has 0 aromatic heterocycles. The summed E-state index contributed by atoms with van der Waals surface area (Å²) in [6.07, 6.45) is 3.41. The average molecular weight is 501 g/mol. The molecule has 6 nitrogen and oxygen atoms in total. The molecule has 1 saturated heterocycles. The minimum absolute atomic E-state index is 0.118. The molecular weight excluding hydrogens is 468 g/mol. The number of benzene rings is 1. The van der Waals surface area contributed by atoms with Gasteiger partial charge in [0, 0.05) is 35.3 Å². The van der Waals surface area contributed by atoms with Gasteiger partial charge in [-0.05, 0) is 64.2 Å². The number of hydrogen-bond acceptors (Lipinski definition) is 6. The van der Waals surface area contributed by atoms with Gasteiger partial charge in [0.15, 0.2) is 0 Å². The molecule has 0 radical (unpaired) electrons. The number of esters is 1. The molecular formula is C22H33BrN2O4S. The predicted octanol–water partition coefficient (Wildman–Crippen LogP) is 5.30. The Hall–Kier alpha value is -1.25. The lowest BCUT2D eigenvalue weighted by molar-refractivity contribution is -0.140. The van der Waals surface area contributed by atoms with E-state index in [1.807, 2.05) is 32.9 Å². The van der Waals surface area contributed by atoms with Gasteiger partial charge < -0.3 is 14.4 Å². The van der Waals surface area contributed by atoms with Gasteiger partial charge in [-0.3, -0.25) is 9.52 Å². The monoisotopic (exact) mass is 500 g/mol. The first kappa shape index (κ1) is 25.0. The van der Waals surface area contributed by atoms with Gasteiger partial charge in [-0.15, -0.1) is 0 Å². The minimum Gasteiger partial charge on any atom is -0.469 e. The Morgan fingerprint density at radius 1 is 1.20 bits per heavy atom. The van der Waals surface area contributed by atoms with Gasteiger partial charge in [0.25, 0.3) is 0 Å². The zero-order valence-electron chi connectivity index (χ0n) is 18.3. The van der Waals surface area contributed by atoms with Crippen molar-refractivity contribution < 1.29 is 19.1 Å². The number of nitrogens with one attached hydrogen (secondary N) is 1. The first-order valence-corrected chi connectivity index (χ1v) is 12.1. The van der Waals surface area contributed by atoms with Crippen LogP contribution in [0.3, 0.4) is 0 Å². The molecule has 0 aliphatic carbocycles. The van der Waals surface area contributed by atoms with Crippen LogP contribution >= 0.6 is 27.9 Å². The zero-order chi connectivity index (χ0) is 22.2. The van der Waals surface area contributed by atoms with Crippen molar-refractivity contribution >= 4 is 39.9 Å². The number of halogens is 1. The van der Waals surface area contributed by atoms with Crippen LogP contribution in [0.25, 0.3) is 0 Å². The van der Waals surface area contributed by atoms with Crippen molar-refractivity contribution in [3.63, 3.8) is 0 Å². The number of amides is 1. The highest BCUT2D eigenvalue weighted by molar-refractivity contribution is 9.10. The van der Waals surface area contributed by atoms with Gasteiger partial charge in [0.2, 0.25) is 0 Å². The summed E-state index contributed by atoms with van der Waals surface area (Å²) in [5.74, 6) is 0.667. The molecule has 1 aromatic rings. The summed E-state index contributed by atoms with van der Waals surface area (Å²) < 4.78 is 15.0. The maximum absolute atomic E-state index is 12.4. The van der Waals surface area contributed by atoms with Crippen LogP contribution in [0.15, 0.2) is 28.7 Å². The number of likely N-dealkylation sites (tertiary alicyclic amines) is 1. The highest BCUT2D eigenvalue weighted by atomic mass is 79.9. The number of methoxy groups -OCH3 is 1. The summed E-state index contributed by atoms with van der Waals surface area (Å²) in [7, 11) is 1.42. The highest BCUT2D eigenvalue weighted by Crippen LogP contribution is 2.31. The quantitative estimate of drug-likeness (QED) is 0.385. The van der Waals surface area contributed by atoms with E-state index in [-0.39, 0.29) is 17.6 Å². The van der Waals surface area contributed by atoms with E-state index in [9.17, 15) is 9.59 Å². The number of hydrogen-bond donors (Lipinski definition) is 1.